The summed E-state index contributed by atoms with van der Waals surface area (Å²) in [5, 5.41) is 0.780. The summed E-state index contributed by atoms with van der Waals surface area (Å²) < 4.78 is 13.7. The molecule has 5 heteroatoms. The van der Waals surface area contributed by atoms with Crippen molar-refractivity contribution in [3.8, 4) is 0 Å². The normalized spacial score (nSPS) is 15.0. The van der Waals surface area contributed by atoms with Crippen LogP contribution >= 0.6 is 0 Å². The van der Waals surface area contributed by atoms with Crippen LogP contribution in [0.4, 0.5) is 15.9 Å². The molecule has 25 heavy (non-hydrogen) atoms. The van der Waals surface area contributed by atoms with E-state index >= 15 is 0 Å². The Bertz CT molecular complexity index is 917. The van der Waals surface area contributed by atoms with Crippen LogP contribution in [0.25, 0.3) is 10.9 Å². The van der Waals surface area contributed by atoms with E-state index in [0.717, 1.165) is 42.9 Å². The average molecular weight is 336 g/mol. The van der Waals surface area contributed by atoms with E-state index in [9.17, 15) is 4.39 Å². The lowest BCUT2D eigenvalue weighted by molar-refractivity contribution is 0.628. The van der Waals surface area contributed by atoms with Gasteiger partial charge in [-0.15, -0.1) is 0 Å². The number of aromatic nitrogens is 2. The van der Waals surface area contributed by atoms with Gasteiger partial charge in [0.15, 0.2) is 0 Å². The van der Waals surface area contributed by atoms with Crippen molar-refractivity contribution >= 4 is 22.4 Å². The van der Waals surface area contributed by atoms with Crippen molar-refractivity contribution in [3.63, 3.8) is 0 Å². The van der Waals surface area contributed by atoms with Crippen LogP contribution in [0.2, 0.25) is 0 Å². The second-order valence-corrected chi connectivity index (χ2v) is 6.55. The molecular formula is C20H21FN4. The monoisotopic (exact) mass is 336 g/mol. The highest BCUT2D eigenvalue weighted by Gasteiger charge is 2.21. The van der Waals surface area contributed by atoms with E-state index in [2.05, 4.69) is 51.8 Å². The average Bonchev–Trinajstić information content (AvgIpc) is 2.64. The van der Waals surface area contributed by atoms with Gasteiger partial charge >= 0.3 is 0 Å². The molecule has 0 saturated carbocycles. The Hall–Kier alpha value is -2.69. The number of aryl methyl sites for hydroxylation is 1. The van der Waals surface area contributed by atoms with Crippen molar-refractivity contribution in [2.75, 3.05) is 36.0 Å². The van der Waals surface area contributed by atoms with Crippen LogP contribution in [-0.2, 0) is 0 Å². The summed E-state index contributed by atoms with van der Waals surface area (Å²) in [7, 11) is 0. The lowest BCUT2D eigenvalue weighted by Gasteiger charge is -2.37. The minimum atomic E-state index is -0.252. The molecule has 1 aliphatic rings. The number of hydrogen-bond acceptors (Lipinski definition) is 4. The third-order valence-corrected chi connectivity index (χ3v) is 5.07. The maximum absolute atomic E-state index is 13.7. The number of nitrogens with zero attached hydrogens (tertiary/aromatic N) is 4. The van der Waals surface area contributed by atoms with Crippen LogP contribution in [0, 0.1) is 19.7 Å². The van der Waals surface area contributed by atoms with E-state index in [1.54, 1.807) is 12.4 Å². The molecular weight excluding hydrogens is 315 g/mol. The highest BCUT2D eigenvalue weighted by atomic mass is 19.1. The maximum Gasteiger partial charge on any atom is 0.140 e. The number of anilines is 2. The predicted octanol–water partition coefficient (Wildman–Crippen LogP) is 3.71. The molecule has 0 spiro atoms. The Morgan fingerprint density at radius 3 is 2.48 bits per heavy atom. The first-order chi connectivity index (χ1) is 12.1. The third kappa shape index (κ3) is 2.90. The van der Waals surface area contributed by atoms with E-state index in [-0.39, 0.29) is 5.82 Å². The van der Waals surface area contributed by atoms with E-state index in [4.69, 9.17) is 0 Å². The number of piperazine rings is 1. The third-order valence-electron chi connectivity index (χ3n) is 5.07. The summed E-state index contributed by atoms with van der Waals surface area (Å²) in [6.07, 6.45) is 1.56. The second kappa shape index (κ2) is 6.31. The van der Waals surface area contributed by atoms with Crippen molar-refractivity contribution in [2.45, 2.75) is 13.8 Å². The van der Waals surface area contributed by atoms with Gasteiger partial charge in [-0.2, -0.15) is 0 Å². The SMILES string of the molecule is Cc1cccc(N2CCN(c3ncnc4ccc(F)cc34)CC2)c1C. The van der Waals surface area contributed by atoms with Gasteiger partial charge in [0.25, 0.3) is 0 Å². The molecule has 0 aliphatic carbocycles. The second-order valence-electron chi connectivity index (χ2n) is 6.55. The summed E-state index contributed by atoms with van der Waals surface area (Å²) in [5.74, 6) is 0.572. The Morgan fingerprint density at radius 2 is 1.68 bits per heavy atom. The molecule has 1 saturated heterocycles. The zero-order valence-electron chi connectivity index (χ0n) is 14.5. The Balaban J connectivity index is 1.58. The summed E-state index contributed by atoms with van der Waals surface area (Å²) >= 11 is 0. The molecule has 0 radical (unpaired) electrons. The number of fused-ring (bicyclic) bond motifs is 1. The van der Waals surface area contributed by atoms with Gasteiger partial charge in [-0.25, -0.2) is 14.4 Å². The molecule has 1 aromatic heterocycles. The zero-order valence-corrected chi connectivity index (χ0v) is 14.5. The van der Waals surface area contributed by atoms with E-state index in [0.29, 0.717) is 0 Å². The molecule has 1 fully saturated rings. The summed E-state index contributed by atoms with van der Waals surface area (Å²) in [6.45, 7) is 7.89. The molecule has 4 rings (SSSR count). The first-order valence-electron chi connectivity index (χ1n) is 8.60. The number of halogens is 1. The van der Waals surface area contributed by atoms with Gasteiger partial charge in [-0.05, 0) is 49.2 Å². The van der Waals surface area contributed by atoms with Crippen molar-refractivity contribution in [1.82, 2.24) is 9.97 Å². The molecule has 0 unspecified atom stereocenters. The fourth-order valence-electron chi connectivity index (χ4n) is 3.50. The van der Waals surface area contributed by atoms with Crippen LogP contribution in [0.3, 0.4) is 0 Å². The predicted molar refractivity (Wildman–Crippen MR) is 99.8 cm³/mol. The minimum absolute atomic E-state index is 0.252. The smallest absolute Gasteiger partial charge is 0.140 e. The lowest BCUT2D eigenvalue weighted by Crippen LogP contribution is -2.47. The van der Waals surface area contributed by atoms with Gasteiger partial charge in [-0.1, -0.05) is 12.1 Å². The lowest BCUT2D eigenvalue weighted by atomic mass is 10.1. The van der Waals surface area contributed by atoms with Gasteiger partial charge in [0.1, 0.15) is 18.0 Å². The Labute approximate surface area is 146 Å². The fraction of sp³-hybridized carbons (Fsp3) is 0.300. The first-order valence-corrected chi connectivity index (χ1v) is 8.60. The Morgan fingerprint density at radius 1 is 0.920 bits per heavy atom. The van der Waals surface area contributed by atoms with Gasteiger partial charge in [0.05, 0.1) is 5.52 Å². The molecule has 3 aromatic rings. The standard InChI is InChI=1S/C20H21FN4/c1-14-4-3-5-19(15(14)2)24-8-10-25(11-9-24)20-17-12-16(21)6-7-18(17)22-13-23-20/h3-7,12-13H,8-11H2,1-2H3. The molecule has 4 nitrogen and oxygen atoms in total. The summed E-state index contributed by atoms with van der Waals surface area (Å²) in [5.41, 5.74) is 4.74. The number of rotatable bonds is 2. The molecule has 128 valence electrons. The summed E-state index contributed by atoms with van der Waals surface area (Å²) in [4.78, 5) is 13.3. The minimum Gasteiger partial charge on any atom is -0.368 e. The topological polar surface area (TPSA) is 32.3 Å². The summed E-state index contributed by atoms with van der Waals surface area (Å²) in [6, 6.07) is 11.1. The zero-order chi connectivity index (χ0) is 17.4. The van der Waals surface area contributed by atoms with Gasteiger partial charge < -0.3 is 9.80 Å². The molecule has 2 aromatic carbocycles. The van der Waals surface area contributed by atoms with E-state index in [1.165, 1.54) is 28.9 Å². The van der Waals surface area contributed by atoms with E-state index in [1.807, 2.05) is 0 Å². The van der Waals surface area contributed by atoms with Gasteiger partial charge in [-0.3, -0.25) is 0 Å². The van der Waals surface area contributed by atoms with Crippen LogP contribution in [0.5, 0.6) is 0 Å². The molecule has 2 heterocycles. The van der Waals surface area contributed by atoms with Gasteiger partial charge in [0.2, 0.25) is 0 Å². The maximum atomic E-state index is 13.7. The largest absolute Gasteiger partial charge is 0.368 e. The Kier molecular flexibility index (Phi) is 3.99. The first kappa shape index (κ1) is 15.8. The van der Waals surface area contributed by atoms with Crippen molar-refractivity contribution in [2.24, 2.45) is 0 Å². The molecule has 0 amide bonds. The molecule has 0 atom stereocenters. The highest BCUT2D eigenvalue weighted by molar-refractivity contribution is 5.89. The fourth-order valence-corrected chi connectivity index (χ4v) is 3.50. The van der Waals surface area contributed by atoms with Gasteiger partial charge in [0, 0.05) is 37.3 Å². The molecule has 1 aliphatic heterocycles. The van der Waals surface area contributed by atoms with Crippen molar-refractivity contribution in [3.05, 3.63) is 59.7 Å². The highest BCUT2D eigenvalue weighted by Crippen LogP contribution is 2.27. The molecule has 0 N–H and O–H groups in total. The van der Waals surface area contributed by atoms with Crippen LogP contribution < -0.4 is 9.80 Å². The quantitative estimate of drug-likeness (QED) is 0.714. The van der Waals surface area contributed by atoms with Crippen LogP contribution in [0.15, 0.2) is 42.7 Å². The number of benzene rings is 2. The molecule has 0 bridgehead atoms. The van der Waals surface area contributed by atoms with Crippen LogP contribution in [0.1, 0.15) is 11.1 Å². The van der Waals surface area contributed by atoms with E-state index < -0.39 is 0 Å². The van der Waals surface area contributed by atoms with Crippen molar-refractivity contribution < 1.29 is 4.39 Å². The van der Waals surface area contributed by atoms with Crippen molar-refractivity contribution in [1.29, 1.82) is 0 Å². The number of hydrogen-bond donors (Lipinski definition) is 0. The van der Waals surface area contributed by atoms with Crippen LogP contribution in [-0.4, -0.2) is 36.1 Å².